The molecule has 0 saturated carbocycles. The Morgan fingerprint density at radius 2 is 1.94 bits per heavy atom. The smallest absolute Gasteiger partial charge is 0.223 e. The summed E-state index contributed by atoms with van der Waals surface area (Å²) in [6.07, 6.45) is -0.232. The number of carbonyl (C=O) groups is 2. The van der Waals surface area contributed by atoms with Gasteiger partial charge in [-0.15, -0.1) is 0 Å². The van der Waals surface area contributed by atoms with Gasteiger partial charge in [0.15, 0.2) is 0 Å². The second kappa shape index (κ2) is 10.8. The van der Waals surface area contributed by atoms with Crippen molar-refractivity contribution >= 4 is 17.8 Å². The van der Waals surface area contributed by atoms with Gasteiger partial charge < -0.3 is 25.0 Å². The summed E-state index contributed by atoms with van der Waals surface area (Å²) >= 11 is 0. The van der Waals surface area contributed by atoms with Crippen LogP contribution in [0.25, 0.3) is 6.08 Å². The number of ether oxygens (including phenoxy) is 2. The molecular formula is C26H37FN2O6. The van der Waals surface area contributed by atoms with E-state index in [2.05, 4.69) is 10.3 Å². The van der Waals surface area contributed by atoms with Crippen LogP contribution in [0.3, 0.4) is 0 Å². The number of halogens is 1. The Kier molecular flexibility index (Phi) is 8.47. The maximum atomic E-state index is 15.3. The molecule has 0 spiro atoms. The minimum absolute atomic E-state index is 0.186. The predicted octanol–water partition coefficient (Wildman–Crippen LogP) is 2.58. The van der Waals surface area contributed by atoms with Crippen molar-refractivity contribution in [3.8, 4) is 0 Å². The van der Waals surface area contributed by atoms with Gasteiger partial charge in [-0.05, 0) is 32.1 Å². The van der Waals surface area contributed by atoms with E-state index in [1.165, 1.54) is 19.9 Å². The van der Waals surface area contributed by atoms with Crippen LogP contribution in [0.15, 0.2) is 30.2 Å². The van der Waals surface area contributed by atoms with Crippen LogP contribution in [-0.4, -0.2) is 69.6 Å². The molecule has 1 aromatic heterocycles. The highest BCUT2D eigenvalue weighted by atomic mass is 19.1. The maximum absolute atomic E-state index is 15.3. The molecule has 0 aromatic carbocycles. The molecular weight excluding hydrogens is 455 g/mol. The summed E-state index contributed by atoms with van der Waals surface area (Å²) < 4.78 is 26.9. The van der Waals surface area contributed by atoms with E-state index in [1.54, 1.807) is 38.2 Å². The molecule has 3 heterocycles. The van der Waals surface area contributed by atoms with Crippen LogP contribution in [0.2, 0.25) is 0 Å². The molecule has 0 bridgehead atoms. The number of aliphatic hydroxyl groups is 2. The Hall–Kier alpha value is -2.20. The molecule has 2 aliphatic heterocycles. The van der Waals surface area contributed by atoms with E-state index < -0.39 is 59.4 Å². The van der Waals surface area contributed by atoms with E-state index in [4.69, 9.17) is 9.47 Å². The van der Waals surface area contributed by atoms with Crippen LogP contribution in [0.4, 0.5) is 4.39 Å². The van der Waals surface area contributed by atoms with Gasteiger partial charge in [-0.1, -0.05) is 26.8 Å². The third-order valence-electron chi connectivity index (χ3n) is 7.36. The summed E-state index contributed by atoms with van der Waals surface area (Å²) in [5.74, 6) is -2.38. The number of epoxide rings is 1. The Morgan fingerprint density at radius 1 is 1.23 bits per heavy atom. The molecule has 0 unspecified atom stereocenters. The lowest BCUT2D eigenvalue weighted by molar-refractivity contribution is -0.146. The highest BCUT2D eigenvalue weighted by Gasteiger charge is 2.53. The van der Waals surface area contributed by atoms with Crippen LogP contribution in [0.1, 0.15) is 59.6 Å². The average molecular weight is 493 g/mol. The lowest BCUT2D eigenvalue weighted by Crippen LogP contribution is -2.48. The first-order valence-corrected chi connectivity index (χ1v) is 12.1. The van der Waals surface area contributed by atoms with E-state index in [0.29, 0.717) is 12.1 Å². The first kappa shape index (κ1) is 27.4. The van der Waals surface area contributed by atoms with E-state index in [0.717, 1.165) is 0 Å². The quantitative estimate of drug-likeness (QED) is 0.543. The molecule has 3 N–H and O–H groups in total. The predicted molar refractivity (Wildman–Crippen MR) is 128 cm³/mol. The molecule has 2 fully saturated rings. The molecule has 0 aliphatic carbocycles. The molecule has 0 radical (unpaired) electrons. The molecule has 3 rings (SSSR count). The minimum atomic E-state index is -1.33. The normalized spacial score (nSPS) is 37.3. The molecule has 1 amide bonds. The monoisotopic (exact) mass is 492 g/mol. The van der Waals surface area contributed by atoms with Gasteiger partial charge in [-0.3, -0.25) is 14.6 Å². The Morgan fingerprint density at radius 3 is 2.60 bits per heavy atom. The van der Waals surface area contributed by atoms with E-state index in [9.17, 15) is 19.8 Å². The van der Waals surface area contributed by atoms with E-state index in [1.807, 2.05) is 6.92 Å². The van der Waals surface area contributed by atoms with Crippen molar-refractivity contribution in [2.45, 2.75) is 89.9 Å². The van der Waals surface area contributed by atoms with Crippen molar-refractivity contribution in [3.63, 3.8) is 0 Å². The van der Waals surface area contributed by atoms with Crippen LogP contribution in [-0.2, 0) is 19.1 Å². The van der Waals surface area contributed by atoms with Crippen molar-refractivity contribution in [1.82, 2.24) is 10.3 Å². The van der Waals surface area contributed by atoms with Crippen molar-refractivity contribution in [2.75, 3.05) is 6.61 Å². The molecule has 9 heteroatoms. The van der Waals surface area contributed by atoms with Crippen molar-refractivity contribution in [1.29, 1.82) is 0 Å². The van der Waals surface area contributed by atoms with Crippen LogP contribution < -0.4 is 5.32 Å². The lowest BCUT2D eigenvalue weighted by atomic mass is 9.74. The van der Waals surface area contributed by atoms with E-state index >= 15 is 4.39 Å². The summed E-state index contributed by atoms with van der Waals surface area (Å²) in [7, 11) is 0. The number of fused-ring (bicyclic) bond motifs is 1. The second-order valence-electron chi connectivity index (χ2n) is 10.5. The number of rotatable bonds is 2. The summed E-state index contributed by atoms with van der Waals surface area (Å²) in [5.41, 5.74) is -1.46. The highest BCUT2D eigenvalue weighted by Crippen LogP contribution is 2.43. The molecule has 2 saturated heterocycles. The number of amides is 1. The summed E-state index contributed by atoms with van der Waals surface area (Å²) in [5, 5.41) is 24.1. The number of nitrogens with one attached hydrogen (secondary N) is 1. The summed E-state index contributed by atoms with van der Waals surface area (Å²) in [4.78, 5) is 30.1. The number of ketones is 1. The van der Waals surface area contributed by atoms with Gasteiger partial charge in [0.05, 0.1) is 53.6 Å². The molecule has 194 valence electrons. The molecule has 7 atom stereocenters. The Bertz CT molecular complexity index is 939. The molecule has 35 heavy (non-hydrogen) atoms. The number of pyridine rings is 1. The summed E-state index contributed by atoms with van der Waals surface area (Å²) in [6, 6.07) is 4.12. The van der Waals surface area contributed by atoms with Crippen LogP contribution >= 0.6 is 0 Å². The largest absolute Gasteiger partial charge is 0.392 e. The first-order chi connectivity index (χ1) is 16.3. The van der Waals surface area contributed by atoms with Gasteiger partial charge >= 0.3 is 0 Å². The zero-order valence-corrected chi connectivity index (χ0v) is 21.0. The van der Waals surface area contributed by atoms with E-state index in [-0.39, 0.29) is 24.9 Å². The Labute approximate surface area is 205 Å². The number of nitrogens with zero attached hydrogens (tertiary/aromatic N) is 1. The number of aromatic nitrogens is 1. The SMILES string of the molecule is C[C@H]1OCC[C@@]2(C)O[C@H]2C[C@@H](C(F)=Cc2ccccn2)NC(=O)C[C@H](O)C(C)(C)C(=O)[C@H](C)[C@@H]1O. The standard InChI is InChI=1S/C26H37FN2O6/c1-15-23(32)16(2)34-11-9-26(5)21(35-26)13-19(18(27)12-17-8-6-7-10-28-17)29-22(31)14-20(30)25(3,4)24(15)33/h6-8,10,12,15-16,19-21,23,30,32H,9,11,13-14H2,1-5H3,(H,29,31)/t15-,16-,19+,20+,21+,23+,26-/m1/s1. The maximum Gasteiger partial charge on any atom is 0.223 e. The van der Waals surface area contributed by atoms with Crippen molar-refractivity contribution < 1.29 is 33.7 Å². The number of aliphatic hydroxyl groups excluding tert-OH is 2. The fourth-order valence-corrected chi connectivity index (χ4v) is 4.51. The zero-order chi connectivity index (χ0) is 26.0. The fraction of sp³-hybridized carbons (Fsp3) is 0.654. The van der Waals surface area contributed by atoms with Crippen LogP contribution in [0, 0.1) is 11.3 Å². The molecule has 2 aliphatic rings. The fourth-order valence-electron chi connectivity index (χ4n) is 4.51. The first-order valence-electron chi connectivity index (χ1n) is 12.1. The van der Waals surface area contributed by atoms with Gasteiger partial charge in [0.25, 0.3) is 0 Å². The molecule has 8 nitrogen and oxygen atoms in total. The summed E-state index contributed by atoms with van der Waals surface area (Å²) in [6.45, 7) is 8.52. The zero-order valence-electron chi connectivity index (χ0n) is 21.0. The van der Waals surface area contributed by atoms with Crippen LogP contribution in [0.5, 0.6) is 0 Å². The number of carbonyl (C=O) groups excluding carboxylic acids is 2. The average Bonchev–Trinajstić information content (AvgIpc) is 3.45. The topological polar surface area (TPSA) is 121 Å². The number of hydrogen-bond acceptors (Lipinski definition) is 7. The highest BCUT2D eigenvalue weighted by molar-refractivity contribution is 5.88. The number of hydrogen-bond donors (Lipinski definition) is 3. The minimum Gasteiger partial charge on any atom is -0.392 e. The second-order valence-corrected chi connectivity index (χ2v) is 10.5. The van der Waals surface area contributed by atoms with Gasteiger partial charge in [-0.25, -0.2) is 4.39 Å². The van der Waals surface area contributed by atoms with Gasteiger partial charge in [-0.2, -0.15) is 0 Å². The van der Waals surface area contributed by atoms with Gasteiger partial charge in [0.2, 0.25) is 5.91 Å². The van der Waals surface area contributed by atoms with Gasteiger partial charge in [0, 0.05) is 31.6 Å². The lowest BCUT2D eigenvalue weighted by Gasteiger charge is -2.34. The Balaban J connectivity index is 1.86. The third kappa shape index (κ3) is 6.52. The van der Waals surface area contributed by atoms with Crippen molar-refractivity contribution in [2.24, 2.45) is 11.3 Å². The third-order valence-corrected chi connectivity index (χ3v) is 7.36. The van der Waals surface area contributed by atoms with Gasteiger partial charge in [0.1, 0.15) is 11.6 Å². The van der Waals surface area contributed by atoms with Crippen molar-refractivity contribution in [3.05, 3.63) is 35.9 Å². The number of Topliss-reactive ketones (excluding diaryl/α,β-unsaturated/α-hetero) is 1. The molecule has 1 aromatic rings.